The number of fused-ring (bicyclic) bond motifs is 1. The Morgan fingerprint density at radius 2 is 1.81 bits per heavy atom. The van der Waals surface area contributed by atoms with E-state index >= 15 is 0 Å². The Morgan fingerprint density at radius 1 is 1.03 bits per heavy atom. The molecule has 0 radical (unpaired) electrons. The SMILES string of the molecule is CCc1[nH]c2ccc(NC(=O)C(CCN)c3ccc(Cl)c(Cl)c3)cc2c1-c1ccccc1. The lowest BCUT2D eigenvalue weighted by atomic mass is 9.94. The number of carbonyl (C=O) groups is 1. The number of aromatic amines is 1. The Hall–Kier alpha value is -2.79. The first kappa shape index (κ1) is 22.4. The van der Waals surface area contributed by atoms with Crippen molar-refractivity contribution in [2.75, 3.05) is 11.9 Å². The Morgan fingerprint density at radius 3 is 2.50 bits per heavy atom. The van der Waals surface area contributed by atoms with Crippen molar-refractivity contribution in [3.63, 3.8) is 0 Å². The van der Waals surface area contributed by atoms with Crippen LogP contribution in [-0.2, 0) is 11.2 Å². The molecule has 1 aromatic heterocycles. The van der Waals surface area contributed by atoms with Gasteiger partial charge in [-0.15, -0.1) is 0 Å². The van der Waals surface area contributed by atoms with Crippen LogP contribution in [-0.4, -0.2) is 17.4 Å². The number of rotatable bonds is 7. The predicted molar refractivity (Wildman–Crippen MR) is 135 cm³/mol. The van der Waals surface area contributed by atoms with Crippen LogP contribution in [0, 0.1) is 0 Å². The summed E-state index contributed by atoms with van der Waals surface area (Å²) >= 11 is 12.2. The molecule has 0 saturated carbocycles. The first-order valence-corrected chi connectivity index (χ1v) is 11.4. The topological polar surface area (TPSA) is 70.9 Å². The van der Waals surface area contributed by atoms with E-state index in [1.165, 1.54) is 11.3 Å². The molecular formula is C26H25Cl2N3O. The van der Waals surface area contributed by atoms with E-state index in [4.69, 9.17) is 28.9 Å². The number of hydrogen-bond donors (Lipinski definition) is 3. The van der Waals surface area contributed by atoms with Gasteiger partial charge in [0.2, 0.25) is 5.91 Å². The summed E-state index contributed by atoms with van der Waals surface area (Å²) in [4.78, 5) is 16.7. The van der Waals surface area contributed by atoms with Crippen molar-refractivity contribution in [2.45, 2.75) is 25.7 Å². The standard InChI is InChI=1S/C26H25Cl2N3O/c1-2-23-25(16-6-4-3-5-7-16)20-15-18(9-11-24(20)31-23)30-26(32)19(12-13-29)17-8-10-21(27)22(28)14-17/h3-11,14-15,19,31H,2,12-13,29H2,1H3,(H,30,32). The van der Waals surface area contributed by atoms with Gasteiger partial charge >= 0.3 is 0 Å². The molecule has 6 heteroatoms. The Balaban J connectivity index is 1.68. The van der Waals surface area contributed by atoms with E-state index in [2.05, 4.69) is 29.4 Å². The summed E-state index contributed by atoms with van der Waals surface area (Å²) in [6.07, 6.45) is 1.39. The summed E-state index contributed by atoms with van der Waals surface area (Å²) < 4.78 is 0. The highest BCUT2D eigenvalue weighted by molar-refractivity contribution is 6.42. The van der Waals surface area contributed by atoms with Gasteiger partial charge in [-0.2, -0.15) is 0 Å². The molecule has 3 aromatic carbocycles. The fourth-order valence-corrected chi connectivity index (χ4v) is 4.41. The first-order valence-electron chi connectivity index (χ1n) is 10.7. The van der Waals surface area contributed by atoms with Gasteiger partial charge in [0.05, 0.1) is 16.0 Å². The number of anilines is 1. The van der Waals surface area contributed by atoms with Crippen LogP contribution in [0.1, 0.15) is 30.5 Å². The van der Waals surface area contributed by atoms with Crippen LogP contribution in [0.25, 0.3) is 22.0 Å². The zero-order chi connectivity index (χ0) is 22.7. The maximum atomic E-state index is 13.2. The lowest BCUT2D eigenvalue weighted by Gasteiger charge is -2.17. The molecule has 4 rings (SSSR count). The van der Waals surface area contributed by atoms with Crippen LogP contribution in [0.5, 0.6) is 0 Å². The number of nitrogens with one attached hydrogen (secondary N) is 2. The molecule has 4 aromatic rings. The quantitative estimate of drug-likeness (QED) is 0.281. The van der Waals surface area contributed by atoms with Gasteiger partial charge in [-0.25, -0.2) is 0 Å². The van der Waals surface area contributed by atoms with Gasteiger partial charge in [-0.1, -0.05) is 66.5 Å². The van der Waals surface area contributed by atoms with Crippen molar-refractivity contribution in [1.82, 2.24) is 4.98 Å². The lowest BCUT2D eigenvalue weighted by molar-refractivity contribution is -0.117. The lowest BCUT2D eigenvalue weighted by Crippen LogP contribution is -2.23. The molecule has 0 spiro atoms. The summed E-state index contributed by atoms with van der Waals surface area (Å²) in [6, 6.07) is 21.5. The molecule has 32 heavy (non-hydrogen) atoms. The molecule has 1 unspecified atom stereocenters. The highest BCUT2D eigenvalue weighted by Gasteiger charge is 2.21. The second kappa shape index (κ2) is 9.78. The molecule has 1 atom stereocenters. The molecule has 4 N–H and O–H groups in total. The Labute approximate surface area is 197 Å². The van der Waals surface area contributed by atoms with E-state index in [1.54, 1.807) is 12.1 Å². The first-order chi connectivity index (χ1) is 15.5. The molecular weight excluding hydrogens is 441 g/mol. The second-order valence-electron chi connectivity index (χ2n) is 7.75. The third-order valence-corrected chi connectivity index (χ3v) is 6.42. The normalized spacial score (nSPS) is 12.1. The molecule has 4 nitrogen and oxygen atoms in total. The monoisotopic (exact) mass is 465 g/mol. The van der Waals surface area contributed by atoms with E-state index in [9.17, 15) is 4.79 Å². The van der Waals surface area contributed by atoms with Gasteiger partial charge in [-0.3, -0.25) is 4.79 Å². The predicted octanol–water partition coefficient (Wildman–Crippen LogP) is 6.78. The third-order valence-electron chi connectivity index (χ3n) is 5.68. The average molecular weight is 466 g/mol. The van der Waals surface area contributed by atoms with Gasteiger partial charge in [0.15, 0.2) is 0 Å². The summed E-state index contributed by atoms with van der Waals surface area (Å²) in [5.41, 5.74) is 11.9. The number of nitrogens with two attached hydrogens (primary N) is 1. The van der Waals surface area contributed by atoms with Crippen molar-refractivity contribution >= 4 is 45.7 Å². The zero-order valence-corrected chi connectivity index (χ0v) is 19.3. The molecule has 1 heterocycles. The minimum Gasteiger partial charge on any atom is -0.358 e. The summed E-state index contributed by atoms with van der Waals surface area (Å²) in [7, 11) is 0. The van der Waals surface area contributed by atoms with Gasteiger partial charge < -0.3 is 16.0 Å². The molecule has 0 aliphatic heterocycles. The van der Waals surface area contributed by atoms with Crippen LogP contribution >= 0.6 is 23.2 Å². The number of hydrogen-bond acceptors (Lipinski definition) is 2. The van der Waals surface area contributed by atoms with Crippen LogP contribution in [0.4, 0.5) is 5.69 Å². The smallest absolute Gasteiger partial charge is 0.231 e. The van der Waals surface area contributed by atoms with E-state index in [0.29, 0.717) is 23.0 Å². The Bertz CT molecular complexity index is 1250. The fraction of sp³-hybridized carbons (Fsp3) is 0.192. The molecule has 0 saturated heterocycles. The van der Waals surface area contributed by atoms with Crippen molar-refractivity contribution in [3.05, 3.63) is 88.0 Å². The van der Waals surface area contributed by atoms with Crippen LogP contribution in [0.2, 0.25) is 10.0 Å². The second-order valence-corrected chi connectivity index (χ2v) is 8.57. The molecule has 0 aliphatic carbocycles. The summed E-state index contributed by atoms with van der Waals surface area (Å²) in [5, 5.41) is 5.03. The number of carbonyl (C=O) groups excluding carboxylic acids is 1. The molecule has 0 bridgehead atoms. The van der Waals surface area contributed by atoms with Crippen molar-refractivity contribution < 1.29 is 4.79 Å². The molecule has 0 aliphatic rings. The number of amides is 1. The number of H-pyrrole nitrogens is 1. The zero-order valence-electron chi connectivity index (χ0n) is 17.8. The average Bonchev–Trinajstić information content (AvgIpc) is 3.18. The highest BCUT2D eigenvalue weighted by Crippen LogP contribution is 2.35. The Kier molecular flexibility index (Phi) is 6.85. The molecule has 1 amide bonds. The van der Waals surface area contributed by atoms with E-state index in [1.807, 2.05) is 42.5 Å². The van der Waals surface area contributed by atoms with Crippen molar-refractivity contribution in [2.24, 2.45) is 5.73 Å². The van der Waals surface area contributed by atoms with Crippen molar-refractivity contribution in [1.29, 1.82) is 0 Å². The van der Waals surface area contributed by atoms with Crippen LogP contribution in [0.15, 0.2) is 66.7 Å². The van der Waals surface area contributed by atoms with Gasteiger partial charge in [0.25, 0.3) is 0 Å². The number of benzene rings is 3. The number of aromatic nitrogens is 1. The van der Waals surface area contributed by atoms with E-state index in [0.717, 1.165) is 34.1 Å². The molecule has 164 valence electrons. The van der Waals surface area contributed by atoms with E-state index in [-0.39, 0.29) is 5.91 Å². The fourth-order valence-electron chi connectivity index (χ4n) is 4.10. The van der Waals surface area contributed by atoms with Gasteiger partial charge in [-0.05, 0) is 60.8 Å². The molecule has 0 fully saturated rings. The van der Waals surface area contributed by atoms with E-state index < -0.39 is 5.92 Å². The van der Waals surface area contributed by atoms with Gasteiger partial charge in [0, 0.05) is 27.8 Å². The minimum atomic E-state index is -0.420. The summed E-state index contributed by atoms with van der Waals surface area (Å²) in [6.45, 7) is 2.52. The largest absolute Gasteiger partial charge is 0.358 e. The number of halogens is 2. The summed E-state index contributed by atoms with van der Waals surface area (Å²) in [5.74, 6) is -0.544. The third kappa shape index (κ3) is 4.53. The number of aryl methyl sites for hydroxylation is 1. The maximum Gasteiger partial charge on any atom is 0.231 e. The van der Waals surface area contributed by atoms with Crippen LogP contribution in [0.3, 0.4) is 0 Å². The highest BCUT2D eigenvalue weighted by atomic mass is 35.5. The maximum absolute atomic E-state index is 13.2. The van der Waals surface area contributed by atoms with Crippen molar-refractivity contribution in [3.8, 4) is 11.1 Å². The minimum absolute atomic E-state index is 0.124. The van der Waals surface area contributed by atoms with Crippen LogP contribution < -0.4 is 11.1 Å². The van der Waals surface area contributed by atoms with Gasteiger partial charge in [0.1, 0.15) is 0 Å².